The highest BCUT2D eigenvalue weighted by Crippen LogP contribution is 2.08. The van der Waals surface area contributed by atoms with E-state index >= 15 is 0 Å². The molecule has 0 saturated carbocycles. The Labute approximate surface area is 83.3 Å². The molecule has 1 aromatic rings. The number of pyridine rings is 1. The standard InChI is InChI=1S/C10H11ClN2/c1-2-3-4-7-12-10-6-5-9(11)8-13-10/h5-6,8H,4,7H2,1H3,(H,12,13). The van der Waals surface area contributed by atoms with Crippen molar-refractivity contribution in [2.45, 2.75) is 13.3 Å². The molecule has 2 nitrogen and oxygen atoms in total. The van der Waals surface area contributed by atoms with Crippen molar-refractivity contribution in [3.05, 3.63) is 23.4 Å². The smallest absolute Gasteiger partial charge is 0.126 e. The Kier molecular flexibility index (Phi) is 4.14. The number of rotatable bonds is 3. The average Bonchev–Trinajstić information content (AvgIpc) is 2.15. The summed E-state index contributed by atoms with van der Waals surface area (Å²) in [6.45, 7) is 2.65. The van der Waals surface area contributed by atoms with Gasteiger partial charge in [-0.25, -0.2) is 4.98 Å². The number of hydrogen-bond donors (Lipinski definition) is 1. The van der Waals surface area contributed by atoms with Gasteiger partial charge in [-0.05, 0) is 19.1 Å². The van der Waals surface area contributed by atoms with Crippen LogP contribution in [0, 0.1) is 11.8 Å². The summed E-state index contributed by atoms with van der Waals surface area (Å²) in [7, 11) is 0. The second-order valence-corrected chi connectivity index (χ2v) is 2.90. The van der Waals surface area contributed by atoms with Crippen molar-refractivity contribution >= 4 is 17.4 Å². The molecule has 0 saturated heterocycles. The first-order valence-electron chi connectivity index (χ1n) is 4.08. The van der Waals surface area contributed by atoms with Crippen molar-refractivity contribution in [3.63, 3.8) is 0 Å². The lowest BCUT2D eigenvalue weighted by Gasteiger charge is -2.01. The van der Waals surface area contributed by atoms with Crippen LogP contribution in [0.1, 0.15) is 13.3 Å². The normalized spacial score (nSPS) is 8.77. The Hall–Kier alpha value is -1.20. The first-order valence-corrected chi connectivity index (χ1v) is 4.46. The van der Waals surface area contributed by atoms with Crippen molar-refractivity contribution < 1.29 is 0 Å². The van der Waals surface area contributed by atoms with E-state index < -0.39 is 0 Å². The van der Waals surface area contributed by atoms with Gasteiger partial charge in [-0.1, -0.05) is 11.6 Å². The predicted molar refractivity (Wildman–Crippen MR) is 55.8 cm³/mol. The Balaban J connectivity index is 2.36. The van der Waals surface area contributed by atoms with Crippen molar-refractivity contribution in [1.82, 2.24) is 4.98 Å². The summed E-state index contributed by atoms with van der Waals surface area (Å²) in [6, 6.07) is 3.66. The fraction of sp³-hybridized carbons (Fsp3) is 0.300. The Morgan fingerprint density at radius 2 is 2.38 bits per heavy atom. The lowest BCUT2D eigenvalue weighted by atomic mass is 10.4. The number of hydrogen-bond acceptors (Lipinski definition) is 2. The molecule has 0 fully saturated rings. The van der Waals surface area contributed by atoms with E-state index in [0.717, 1.165) is 18.8 Å². The molecule has 0 radical (unpaired) electrons. The van der Waals surface area contributed by atoms with Crippen LogP contribution in [-0.2, 0) is 0 Å². The van der Waals surface area contributed by atoms with Crippen LogP contribution >= 0.6 is 11.6 Å². The van der Waals surface area contributed by atoms with Gasteiger partial charge in [0.1, 0.15) is 5.82 Å². The van der Waals surface area contributed by atoms with Gasteiger partial charge in [0, 0.05) is 19.2 Å². The number of nitrogens with one attached hydrogen (secondary N) is 1. The van der Waals surface area contributed by atoms with Crippen LogP contribution in [0.5, 0.6) is 0 Å². The lowest BCUT2D eigenvalue weighted by molar-refractivity contribution is 1.07. The van der Waals surface area contributed by atoms with Crippen molar-refractivity contribution in [3.8, 4) is 11.8 Å². The van der Waals surface area contributed by atoms with Gasteiger partial charge in [-0.3, -0.25) is 0 Å². The Bertz CT molecular complexity index is 308. The summed E-state index contributed by atoms with van der Waals surface area (Å²) >= 11 is 5.68. The predicted octanol–water partition coefficient (Wildman–Crippen LogP) is 2.56. The molecule has 1 heterocycles. The molecule has 0 aliphatic carbocycles. The molecule has 68 valence electrons. The number of anilines is 1. The van der Waals surface area contributed by atoms with Crippen molar-refractivity contribution in [2.75, 3.05) is 11.9 Å². The molecule has 13 heavy (non-hydrogen) atoms. The van der Waals surface area contributed by atoms with E-state index in [4.69, 9.17) is 11.6 Å². The van der Waals surface area contributed by atoms with E-state index in [1.807, 2.05) is 19.1 Å². The quantitative estimate of drug-likeness (QED) is 0.591. The molecular formula is C10H11ClN2. The molecule has 1 aromatic heterocycles. The third-order valence-electron chi connectivity index (χ3n) is 1.46. The zero-order valence-electron chi connectivity index (χ0n) is 7.47. The highest BCUT2D eigenvalue weighted by Gasteiger charge is 1.91. The molecule has 0 bridgehead atoms. The van der Waals surface area contributed by atoms with E-state index in [9.17, 15) is 0 Å². The van der Waals surface area contributed by atoms with Gasteiger partial charge in [0.15, 0.2) is 0 Å². The third kappa shape index (κ3) is 3.82. The van der Waals surface area contributed by atoms with Gasteiger partial charge in [0.05, 0.1) is 5.02 Å². The summed E-state index contributed by atoms with van der Waals surface area (Å²) in [5.41, 5.74) is 0. The summed E-state index contributed by atoms with van der Waals surface area (Å²) < 4.78 is 0. The molecule has 1 rings (SSSR count). The van der Waals surface area contributed by atoms with Crippen LogP contribution in [0.15, 0.2) is 18.3 Å². The molecule has 3 heteroatoms. The van der Waals surface area contributed by atoms with Gasteiger partial charge >= 0.3 is 0 Å². The molecule has 0 atom stereocenters. The van der Waals surface area contributed by atoms with Crippen LogP contribution in [0.3, 0.4) is 0 Å². The highest BCUT2D eigenvalue weighted by molar-refractivity contribution is 6.30. The summed E-state index contributed by atoms with van der Waals surface area (Å²) in [4.78, 5) is 4.08. The van der Waals surface area contributed by atoms with Gasteiger partial charge in [-0.15, -0.1) is 11.8 Å². The van der Waals surface area contributed by atoms with Crippen LogP contribution in [-0.4, -0.2) is 11.5 Å². The minimum absolute atomic E-state index is 0.652. The first kappa shape index (κ1) is 9.88. The summed E-state index contributed by atoms with van der Waals surface area (Å²) in [6.07, 6.45) is 2.45. The average molecular weight is 195 g/mol. The van der Waals surface area contributed by atoms with Crippen molar-refractivity contribution in [2.24, 2.45) is 0 Å². The molecule has 0 aromatic carbocycles. The summed E-state index contributed by atoms with van der Waals surface area (Å²) in [5, 5.41) is 3.79. The molecule has 1 N–H and O–H groups in total. The highest BCUT2D eigenvalue weighted by atomic mass is 35.5. The van der Waals surface area contributed by atoms with Gasteiger partial charge < -0.3 is 5.32 Å². The monoisotopic (exact) mass is 194 g/mol. The molecule has 0 aliphatic heterocycles. The maximum Gasteiger partial charge on any atom is 0.126 e. The number of nitrogens with zero attached hydrogens (tertiary/aromatic N) is 1. The maximum atomic E-state index is 5.68. The van der Waals surface area contributed by atoms with Gasteiger partial charge in [0.25, 0.3) is 0 Å². The largest absolute Gasteiger partial charge is 0.369 e. The van der Waals surface area contributed by atoms with E-state index in [0.29, 0.717) is 5.02 Å². The fourth-order valence-electron chi connectivity index (χ4n) is 0.858. The second kappa shape index (κ2) is 5.45. The van der Waals surface area contributed by atoms with Gasteiger partial charge in [-0.2, -0.15) is 0 Å². The zero-order chi connectivity index (χ0) is 9.52. The number of halogens is 1. The topological polar surface area (TPSA) is 24.9 Å². The minimum Gasteiger partial charge on any atom is -0.369 e. The van der Waals surface area contributed by atoms with Crippen LogP contribution in [0.4, 0.5) is 5.82 Å². The summed E-state index contributed by atoms with van der Waals surface area (Å²) in [5.74, 6) is 6.63. The molecule has 0 unspecified atom stereocenters. The zero-order valence-corrected chi connectivity index (χ0v) is 8.23. The molecular weight excluding hydrogens is 184 g/mol. The van der Waals surface area contributed by atoms with Crippen molar-refractivity contribution in [1.29, 1.82) is 0 Å². The molecule has 0 amide bonds. The lowest BCUT2D eigenvalue weighted by Crippen LogP contribution is -2.01. The van der Waals surface area contributed by atoms with Crippen LogP contribution in [0.25, 0.3) is 0 Å². The van der Waals surface area contributed by atoms with E-state index in [1.54, 1.807) is 6.20 Å². The SMILES string of the molecule is CC#CCCNc1ccc(Cl)cn1. The van der Waals surface area contributed by atoms with E-state index in [-0.39, 0.29) is 0 Å². The maximum absolute atomic E-state index is 5.68. The molecule has 0 aliphatic rings. The first-order chi connectivity index (χ1) is 6.33. The molecule has 0 spiro atoms. The second-order valence-electron chi connectivity index (χ2n) is 2.47. The van der Waals surface area contributed by atoms with Crippen LogP contribution in [0.2, 0.25) is 5.02 Å². The Morgan fingerprint density at radius 1 is 1.54 bits per heavy atom. The van der Waals surface area contributed by atoms with Gasteiger partial charge in [0.2, 0.25) is 0 Å². The Morgan fingerprint density at radius 3 is 3.00 bits per heavy atom. The minimum atomic E-state index is 0.652. The van der Waals surface area contributed by atoms with Crippen LogP contribution < -0.4 is 5.32 Å². The fourth-order valence-corrected chi connectivity index (χ4v) is 0.970. The van der Waals surface area contributed by atoms with E-state index in [2.05, 4.69) is 22.1 Å². The third-order valence-corrected chi connectivity index (χ3v) is 1.68. The van der Waals surface area contributed by atoms with E-state index in [1.165, 1.54) is 0 Å². The number of aromatic nitrogens is 1.